The number of fused-ring (bicyclic) bond motifs is 2. The third-order valence-electron chi connectivity index (χ3n) is 4.57. The van der Waals surface area contributed by atoms with Crippen LogP contribution in [0.15, 0.2) is 66.2 Å². The quantitative estimate of drug-likeness (QED) is 0.612. The van der Waals surface area contributed by atoms with Gasteiger partial charge in [-0.05, 0) is 30.2 Å². The lowest BCUT2D eigenvalue weighted by atomic mass is 9.89. The SMILES string of the molecule is O=C1/C2=C/C#Cc3ccccc3C#CCC[C@H]2N1Cc1ccccc1. The summed E-state index contributed by atoms with van der Waals surface area (Å²) >= 11 is 0. The Hall–Kier alpha value is -3.23. The molecule has 0 N–H and O–H groups in total. The average molecular weight is 323 g/mol. The number of benzene rings is 2. The van der Waals surface area contributed by atoms with E-state index in [1.807, 2.05) is 47.4 Å². The minimum Gasteiger partial charge on any atom is -0.327 e. The highest BCUT2D eigenvalue weighted by molar-refractivity contribution is 6.02. The van der Waals surface area contributed by atoms with Crippen molar-refractivity contribution in [1.82, 2.24) is 4.90 Å². The maximum atomic E-state index is 12.5. The molecular formula is C23H17NO. The summed E-state index contributed by atoms with van der Waals surface area (Å²) in [5, 5.41) is 0. The maximum absolute atomic E-state index is 12.5. The van der Waals surface area contributed by atoms with E-state index in [1.54, 1.807) is 6.08 Å². The first-order valence-corrected chi connectivity index (χ1v) is 8.47. The van der Waals surface area contributed by atoms with Crippen LogP contribution in [-0.2, 0) is 11.3 Å². The smallest absolute Gasteiger partial charge is 0.253 e. The second-order valence-electron chi connectivity index (χ2n) is 6.19. The molecule has 0 bridgehead atoms. The highest BCUT2D eigenvalue weighted by atomic mass is 16.2. The number of carbonyl (C=O) groups is 1. The van der Waals surface area contributed by atoms with Crippen molar-refractivity contribution in [3.05, 3.63) is 82.9 Å². The lowest BCUT2D eigenvalue weighted by Gasteiger charge is -2.42. The van der Waals surface area contributed by atoms with Crippen molar-refractivity contribution in [2.24, 2.45) is 0 Å². The molecule has 1 atom stereocenters. The van der Waals surface area contributed by atoms with Gasteiger partial charge in [0.1, 0.15) is 0 Å². The van der Waals surface area contributed by atoms with Crippen molar-refractivity contribution in [3.63, 3.8) is 0 Å². The molecule has 1 heterocycles. The zero-order valence-corrected chi connectivity index (χ0v) is 13.8. The van der Waals surface area contributed by atoms with Crippen molar-refractivity contribution in [3.8, 4) is 23.7 Å². The van der Waals surface area contributed by atoms with Crippen LogP contribution in [0.1, 0.15) is 29.5 Å². The van der Waals surface area contributed by atoms with Crippen LogP contribution < -0.4 is 0 Å². The molecule has 25 heavy (non-hydrogen) atoms. The van der Waals surface area contributed by atoms with Crippen molar-refractivity contribution < 1.29 is 4.79 Å². The van der Waals surface area contributed by atoms with Crippen LogP contribution in [0.5, 0.6) is 0 Å². The fraction of sp³-hybridized carbons (Fsp3) is 0.174. The van der Waals surface area contributed by atoms with Gasteiger partial charge in [-0.25, -0.2) is 0 Å². The van der Waals surface area contributed by atoms with Gasteiger partial charge < -0.3 is 4.90 Å². The molecule has 120 valence electrons. The van der Waals surface area contributed by atoms with Crippen LogP contribution in [0.4, 0.5) is 0 Å². The molecule has 0 unspecified atom stereocenters. The molecule has 0 saturated carbocycles. The number of amides is 1. The van der Waals surface area contributed by atoms with E-state index in [4.69, 9.17) is 0 Å². The number of carbonyl (C=O) groups excluding carboxylic acids is 1. The molecule has 0 spiro atoms. The van der Waals surface area contributed by atoms with E-state index in [0.29, 0.717) is 6.54 Å². The molecule has 1 amide bonds. The molecule has 2 aliphatic rings. The topological polar surface area (TPSA) is 20.3 Å². The van der Waals surface area contributed by atoms with E-state index in [-0.39, 0.29) is 11.9 Å². The molecule has 1 aliphatic heterocycles. The summed E-state index contributed by atoms with van der Waals surface area (Å²) in [5.41, 5.74) is 3.83. The molecular weight excluding hydrogens is 306 g/mol. The van der Waals surface area contributed by atoms with Crippen LogP contribution in [0.25, 0.3) is 0 Å². The molecule has 1 aliphatic carbocycles. The lowest BCUT2D eigenvalue weighted by molar-refractivity contribution is -0.138. The van der Waals surface area contributed by atoms with E-state index in [0.717, 1.165) is 35.1 Å². The Morgan fingerprint density at radius 2 is 1.68 bits per heavy atom. The van der Waals surface area contributed by atoms with Crippen molar-refractivity contribution in [2.75, 3.05) is 0 Å². The van der Waals surface area contributed by atoms with Gasteiger partial charge in [-0.1, -0.05) is 66.1 Å². The number of β-lactam (4-membered cyclic amide) rings is 1. The third-order valence-corrected chi connectivity index (χ3v) is 4.57. The first kappa shape index (κ1) is 15.3. The van der Waals surface area contributed by atoms with Gasteiger partial charge in [-0.2, -0.15) is 0 Å². The van der Waals surface area contributed by atoms with Gasteiger partial charge in [0, 0.05) is 29.7 Å². The molecule has 4 rings (SSSR count). The number of hydrogen-bond donors (Lipinski definition) is 0. The van der Waals surface area contributed by atoms with Crippen molar-refractivity contribution >= 4 is 5.91 Å². The van der Waals surface area contributed by atoms with Gasteiger partial charge in [-0.15, -0.1) is 0 Å². The maximum Gasteiger partial charge on any atom is 0.253 e. The number of likely N-dealkylation sites (tertiary alicyclic amines) is 1. The van der Waals surface area contributed by atoms with Crippen molar-refractivity contribution in [2.45, 2.75) is 25.4 Å². The molecule has 2 aromatic rings. The summed E-state index contributed by atoms with van der Waals surface area (Å²) in [6.07, 6.45) is 3.40. The van der Waals surface area contributed by atoms with Crippen LogP contribution in [0.2, 0.25) is 0 Å². The normalized spacial score (nSPS) is 20.2. The zero-order valence-electron chi connectivity index (χ0n) is 13.8. The van der Waals surface area contributed by atoms with Gasteiger partial charge >= 0.3 is 0 Å². The molecule has 1 saturated heterocycles. The number of allylic oxidation sites excluding steroid dienone is 1. The molecule has 2 heteroatoms. The average Bonchev–Trinajstić information content (AvgIpc) is 2.69. The van der Waals surface area contributed by atoms with Gasteiger partial charge in [0.15, 0.2) is 0 Å². The summed E-state index contributed by atoms with van der Waals surface area (Å²) in [4.78, 5) is 14.5. The Bertz CT molecular complexity index is 964. The summed E-state index contributed by atoms with van der Waals surface area (Å²) in [5.74, 6) is 12.7. The summed E-state index contributed by atoms with van der Waals surface area (Å²) in [6.45, 7) is 0.642. The summed E-state index contributed by atoms with van der Waals surface area (Å²) in [7, 11) is 0. The van der Waals surface area contributed by atoms with Gasteiger partial charge in [0.05, 0.1) is 6.04 Å². The predicted octanol–water partition coefficient (Wildman–Crippen LogP) is 3.52. The Kier molecular flexibility index (Phi) is 4.11. The van der Waals surface area contributed by atoms with E-state index in [9.17, 15) is 4.79 Å². The number of rotatable bonds is 2. The first-order valence-electron chi connectivity index (χ1n) is 8.47. The Labute approximate surface area is 148 Å². The molecule has 2 aromatic carbocycles. The highest BCUT2D eigenvalue weighted by Crippen LogP contribution is 2.31. The number of hydrogen-bond acceptors (Lipinski definition) is 1. The molecule has 2 nitrogen and oxygen atoms in total. The second-order valence-corrected chi connectivity index (χ2v) is 6.19. The van der Waals surface area contributed by atoms with Crippen LogP contribution in [0, 0.1) is 23.7 Å². The summed E-state index contributed by atoms with van der Waals surface area (Å²) in [6, 6.07) is 18.1. The molecule has 1 fully saturated rings. The predicted molar refractivity (Wildman–Crippen MR) is 98.3 cm³/mol. The van der Waals surface area contributed by atoms with Crippen LogP contribution >= 0.6 is 0 Å². The van der Waals surface area contributed by atoms with Gasteiger partial charge in [0.25, 0.3) is 5.91 Å². The Morgan fingerprint density at radius 3 is 2.48 bits per heavy atom. The third kappa shape index (κ3) is 3.08. The minimum absolute atomic E-state index is 0.0867. The largest absolute Gasteiger partial charge is 0.327 e. The van der Waals surface area contributed by atoms with Gasteiger partial charge in [0.2, 0.25) is 0 Å². The Morgan fingerprint density at radius 1 is 0.960 bits per heavy atom. The van der Waals surface area contributed by atoms with E-state index >= 15 is 0 Å². The van der Waals surface area contributed by atoms with Crippen molar-refractivity contribution in [1.29, 1.82) is 0 Å². The summed E-state index contributed by atoms with van der Waals surface area (Å²) < 4.78 is 0. The highest BCUT2D eigenvalue weighted by Gasteiger charge is 2.40. The zero-order chi connectivity index (χ0) is 17.1. The molecule has 0 aromatic heterocycles. The van der Waals surface area contributed by atoms with Crippen LogP contribution in [0.3, 0.4) is 0 Å². The number of nitrogens with zero attached hydrogens (tertiary/aromatic N) is 1. The lowest BCUT2D eigenvalue weighted by Crippen LogP contribution is -2.54. The minimum atomic E-state index is 0.0867. The van der Waals surface area contributed by atoms with Gasteiger partial charge in [-0.3, -0.25) is 4.79 Å². The fourth-order valence-electron chi connectivity index (χ4n) is 3.24. The second kappa shape index (κ2) is 6.71. The molecule has 0 radical (unpaired) electrons. The van der Waals surface area contributed by atoms with E-state index in [1.165, 1.54) is 0 Å². The first-order chi connectivity index (χ1) is 12.3. The standard InChI is InChI=1S/C23H17NO/c25-23-21-15-8-14-20-12-5-4-11-19(20)13-6-7-16-22(21)24(23)17-18-9-2-1-3-10-18/h1-5,9-12,15,22H,7,16-17H2/b21-15+/t22-/m1/s1. The Balaban J connectivity index is 1.61. The van der Waals surface area contributed by atoms with E-state index < -0.39 is 0 Å². The van der Waals surface area contributed by atoms with Crippen LogP contribution in [-0.4, -0.2) is 16.8 Å². The fourth-order valence-corrected chi connectivity index (χ4v) is 3.24. The monoisotopic (exact) mass is 323 g/mol. The van der Waals surface area contributed by atoms with E-state index in [2.05, 4.69) is 35.8 Å².